The fraction of sp³-hybridized carbons (Fsp3) is 0.115. The van der Waals surface area contributed by atoms with Crippen molar-refractivity contribution in [1.82, 2.24) is 26.0 Å². The van der Waals surface area contributed by atoms with Crippen molar-refractivity contribution in [3.05, 3.63) is 95.2 Å². The maximum atomic E-state index is 13.1. The lowest BCUT2D eigenvalue weighted by Crippen LogP contribution is -2.42. The summed E-state index contributed by atoms with van der Waals surface area (Å²) in [5, 5.41) is 5.14. The molecular weight excluding hydrogens is 478 g/mol. The Kier molecular flexibility index (Phi) is 6.50. The van der Waals surface area contributed by atoms with E-state index in [2.05, 4.69) is 26.0 Å². The first kappa shape index (κ1) is 23.3. The average Bonchev–Trinajstić information content (AvgIpc) is 3.55. The van der Waals surface area contributed by atoms with E-state index in [1.54, 1.807) is 48.9 Å². The number of fused-ring (bicyclic) bond motifs is 1. The zero-order valence-corrected chi connectivity index (χ0v) is 20.3. The number of hydrogen-bond donors (Lipinski definition) is 2. The number of hydrogen-bond acceptors (Lipinski definition) is 8. The molecule has 0 saturated heterocycles. The Morgan fingerprint density at radius 1 is 0.972 bits per heavy atom. The highest BCUT2D eigenvalue weighted by atomic mass is 32.2. The number of carbonyl (C=O) groups is 2. The van der Waals surface area contributed by atoms with Crippen LogP contribution in [0.15, 0.2) is 81.0 Å². The maximum Gasteiger partial charge on any atom is 0.272 e. The number of pyridine rings is 2. The van der Waals surface area contributed by atoms with Crippen molar-refractivity contribution in [2.45, 2.75) is 24.6 Å². The molecule has 5 rings (SSSR count). The summed E-state index contributed by atoms with van der Waals surface area (Å²) in [6, 6.07) is 15.8. The minimum Gasteiger partial charge on any atom is -0.463 e. The van der Waals surface area contributed by atoms with Gasteiger partial charge >= 0.3 is 0 Å². The number of rotatable bonds is 6. The molecule has 0 saturated carbocycles. The van der Waals surface area contributed by atoms with Gasteiger partial charge in [0.25, 0.3) is 11.8 Å². The molecule has 36 heavy (non-hydrogen) atoms. The molecule has 0 fully saturated rings. The predicted octanol–water partition coefficient (Wildman–Crippen LogP) is 4.86. The van der Waals surface area contributed by atoms with Crippen LogP contribution in [0.2, 0.25) is 0 Å². The number of amides is 2. The Hall–Kier alpha value is -4.44. The van der Waals surface area contributed by atoms with Gasteiger partial charge in [-0.05, 0) is 50.2 Å². The lowest BCUT2D eigenvalue weighted by Gasteiger charge is -2.12. The Bertz CT molecular complexity index is 1540. The first-order chi connectivity index (χ1) is 17.5. The number of furan rings is 1. The van der Waals surface area contributed by atoms with Crippen LogP contribution in [0.3, 0.4) is 0 Å². The maximum absolute atomic E-state index is 13.1. The lowest BCUT2D eigenvalue weighted by molar-refractivity contribution is 0.0845. The fourth-order valence-electron chi connectivity index (χ4n) is 3.69. The smallest absolute Gasteiger partial charge is 0.272 e. The summed E-state index contributed by atoms with van der Waals surface area (Å²) in [7, 11) is 0. The Balaban J connectivity index is 1.34. The number of para-hydroxylation sites is 1. The van der Waals surface area contributed by atoms with Crippen LogP contribution in [-0.4, -0.2) is 26.9 Å². The summed E-state index contributed by atoms with van der Waals surface area (Å²) in [4.78, 5) is 35.0. The second kappa shape index (κ2) is 10.0. The minimum atomic E-state index is -0.484. The van der Waals surface area contributed by atoms with Crippen LogP contribution in [0.25, 0.3) is 22.4 Å². The molecule has 5 aromatic rings. The van der Waals surface area contributed by atoms with Crippen molar-refractivity contribution in [2.24, 2.45) is 0 Å². The van der Waals surface area contributed by atoms with Crippen LogP contribution in [-0.2, 0) is 5.75 Å². The number of aryl methyl sites for hydroxylation is 2. The van der Waals surface area contributed by atoms with Gasteiger partial charge in [-0.2, -0.15) is 0 Å². The third kappa shape index (κ3) is 4.71. The predicted molar refractivity (Wildman–Crippen MR) is 134 cm³/mol. The Labute approximate surface area is 210 Å². The number of nitrogens with zero attached hydrogens (tertiary/aromatic N) is 3. The summed E-state index contributed by atoms with van der Waals surface area (Å²) in [6.45, 7) is 3.71. The molecule has 1 aromatic carbocycles. The van der Waals surface area contributed by atoms with E-state index in [9.17, 15) is 9.59 Å². The third-order valence-electron chi connectivity index (χ3n) is 5.57. The van der Waals surface area contributed by atoms with E-state index in [-0.39, 0.29) is 0 Å². The van der Waals surface area contributed by atoms with E-state index in [0.29, 0.717) is 44.3 Å². The van der Waals surface area contributed by atoms with E-state index < -0.39 is 11.8 Å². The molecule has 2 amide bonds. The number of nitrogens with one attached hydrogen (secondary N) is 2. The molecule has 0 radical (unpaired) electrons. The molecule has 0 bridgehead atoms. The number of benzene rings is 1. The molecule has 180 valence electrons. The number of carbonyl (C=O) groups excluding carboxylic acids is 2. The second-order valence-electron chi connectivity index (χ2n) is 7.91. The van der Waals surface area contributed by atoms with E-state index in [1.807, 2.05) is 32.0 Å². The van der Waals surface area contributed by atoms with E-state index in [4.69, 9.17) is 8.94 Å². The summed E-state index contributed by atoms with van der Waals surface area (Å²) < 4.78 is 10.7. The molecule has 4 aromatic heterocycles. The molecule has 9 nitrogen and oxygen atoms in total. The monoisotopic (exact) mass is 499 g/mol. The molecule has 0 spiro atoms. The van der Waals surface area contributed by atoms with Crippen molar-refractivity contribution in [1.29, 1.82) is 0 Å². The third-order valence-corrected chi connectivity index (χ3v) is 6.61. The van der Waals surface area contributed by atoms with Crippen LogP contribution < -0.4 is 10.9 Å². The van der Waals surface area contributed by atoms with Gasteiger partial charge in [0.05, 0.1) is 28.6 Å². The topological polar surface area (TPSA) is 123 Å². The molecule has 0 unspecified atom stereocenters. The van der Waals surface area contributed by atoms with Gasteiger partial charge < -0.3 is 8.94 Å². The van der Waals surface area contributed by atoms with Crippen LogP contribution in [0.5, 0.6) is 0 Å². The summed E-state index contributed by atoms with van der Waals surface area (Å²) in [5.41, 5.74) is 8.62. The van der Waals surface area contributed by atoms with Crippen LogP contribution >= 0.6 is 11.8 Å². The van der Waals surface area contributed by atoms with Gasteiger partial charge in [0, 0.05) is 22.9 Å². The van der Waals surface area contributed by atoms with Crippen molar-refractivity contribution in [3.63, 3.8) is 0 Å². The molecule has 0 aliphatic carbocycles. The molecule has 10 heteroatoms. The average molecular weight is 500 g/mol. The van der Waals surface area contributed by atoms with Crippen molar-refractivity contribution in [3.8, 4) is 11.5 Å². The molecular formula is C26H21N5O4S. The Morgan fingerprint density at radius 3 is 2.53 bits per heavy atom. The van der Waals surface area contributed by atoms with Crippen molar-refractivity contribution in [2.75, 3.05) is 0 Å². The number of hydrazine groups is 1. The molecule has 2 N–H and O–H groups in total. The quantitative estimate of drug-likeness (QED) is 0.251. The van der Waals surface area contributed by atoms with Gasteiger partial charge in [-0.1, -0.05) is 23.4 Å². The SMILES string of the molecule is Cc1noc(C)c1CSc1ncccc1C(=O)NNC(=O)c1cc(-c2ccco2)nc2ccccc12. The number of thioether (sulfide) groups is 1. The van der Waals surface area contributed by atoms with Crippen LogP contribution in [0, 0.1) is 13.8 Å². The highest BCUT2D eigenvalue weighted by Gasteiger charge is 2.18. The second-order valence-corrected chi connectivity index (χ2v) is 8.87. The van der Waals surface area contributed by atoms with Gasteiger partial charge in [-0.3, -0.25) is 20.4 Å². The molecule has 0 aliphatic rings. The lowest BCUT2D eigenvalue weighted by atomic mass is 10.1. The number of aromatic nitrogens is 3. The molecule has 0 aliphatic heterocycles. The van der Waals surface area contributed by atoms with Crippen LogP contribution in [0.4, 0.5) is 0 Å². The highest BCUT2D eigenvalue weighted by Crippen LogP contribution is 2.27. The van der Waals surface area contributed by atoms with E-state index in [0.717, 1.165) is 17.0 Å². The van der Waals surface area contributed by atoms with Crippen molar-refractivity contribution < 1.29 is 18.5 Å². The van der Waals surface area contributed by atoms with Gasteiger partial charge in [-0.25, -0.2) is 9.97 Å². The Morgan fingerprint density at radius 2 is 1.78 bits per heavy atom. The highest BCUT2D eigenvalue weighted by molar-refractivity contribution is 7.98. The summed E-state index contributed by atoms with van der Waals surface area (Å²) in [5.74, 6) is 0.844. The zero-order valence-electron chi connectivity index (χ0n) is 19.4. The fourth-order valence-corrected chi connectivity index (χ4v) is 4.83. The largest absolute Gasteiger partial charge is 0.463 e. The normalized spacial score (nSPS) is 10.9. The van der Waals surface area contributed by atoms with E-state index in [1.165, 1.54) is 11.8 Å². The van der Waals surface area contributed by atoms with Gasteiger partial charge in [0.2, 0.25) is 0 Å². The van der Waals surface area contributed by atoms with Gasteiger partial charge in [-0.15, -0.1) is 11.8 Å². The minimum absolute atomic E-state index is 0.338. The standard InChI is InChI=1S/C26H21N5O4S/c1-15-20(16(2)35-31-15)14-36-26-18(8-5-11-27-26)24(32)29-30-25(33)19-13-22(23-10-6-12-34-23)28-21-9-4-3-7-17(19)21/h3-13H,14H2,1-2H3,(H,29,32)(H,30,33). The summed E-state index contributed by atoms with van der Waals surface area (Å²) in [6.07, 6.45) is 3.16. The summed E-state index contributed by atoms with van der Waals surface area (Å²) >= 11 is 1.39. The molecule has 0 atom stereocenters. The first-order valence-corrected chi connectivity index (χ1v) is 12.0. The first-order valence-electron chi connectivity index (χ1n) is 11.0. The van der Waals surface area contributed by atoms with Gasteiger partial charge in [0.1, 0.15) is 16.5 Å². The molecule has 4 heterocycles. The van der Waals surface area contributed by atoms with Crippen LogP contribution in [0.1, 0.15) is 37.7 Å². The zero-order chi connectivity index (χ0) is 25.1. The van der Waals surface area contributed by atoms with Gasteiger partial charge in [0.15, 0.2) is 5.76 Å². The van der Waals surface area contributed by atoms with E-state index >= 15 is 0 Å². The van der Waals surface area contributed by atoms with Crippen molar-refractivity contribution >= 4 is 34.5 Å².